The zero-order valence-electron chi connectivity index (χ0n) is 12.7. The van der Waals surface area contributed by atoms with Gasteiger partial charge in [0.05, 0.1) is 5.71 Å². The zero-order chi connectivity index (χ0) is 16.8. The summed E-state index contributed by atoms with van der Waals surface area (Å²) in [5.74, 6) is -0.319. The van der Waals surface area contributed by atoms with Crippen LogP contribution in [0.15, 0.2) is 84.2 Å². The van der Waals surface area contributed by atoms with Gasteiger partial charge >= 0.3 is 0 Å². The third-order valence-electron chi connectivity index (χ3n) is 3.36. The summed E-state index contributed by atoms with van der Waals surface area (Å²) in [6.07, 6.45) is 3.37. The van der Waals surface area contributed by atoms with Gasteiger partial charge in [-0.3, -0.25) is 9.78 Å². The van der Waals surface area contributed by atoms with Crippen molar-refractivity contribution in [3.63, 3.8) is 0 Å². The highest BCUT2D eigenvalue weighted by Gasteiger charge is 2.09. The molecule has 0 aliphatic rings. The number of aromatic nitrogens is 1. The largest absolute Gasteiger partial charge is 0.271 e. The van der Waals surface area contributed by atoms with E-state index in [1.165, 1.54) is 0 Å². The third-order valence-corrected chi connectivity index (χ3v) is 3.59. The van der Waals surface area contributed by atoms with Gasteiger partial charge in [-0.05, 0) is 30.3 Å². The number of rotatable bonds is 4. The van der Waals surface area contributed by atoms with Crippen molar-refractivity contribution in [2.45, 2.75) is 0 Å². The van der Waals surface area contributed by atoms with Crippen LogP contribution in [0, 0.1) is 0 Å². The molecule has 4 nitrogen and oxygen atoms in total. The van der Waals surface area contributed by atoms with Gasteiger partial charge < -0.3 is 0 Å². The summed E-state index contributed by atoms with van der Waals surface area (Å²) in [6, 6.07) is 20.1. The third kappa shape index (κ3) is 3.86. The molecule has 1 heterocycles. The first-order valence-corrected chi connectivity index (χ1v) is 7.71. The maximum atomic E-state index is 12.3. The molecule has 24 heavy (non-hydrogen) atoms. The van der Waals surface area contributed by atoms with E-state index < -0.39 is 0 Å². The van der Waals surface area contributed by atoms with Crippen molar-refractivity contribution >= 4 is 23.2 Å². The van der Waals surface area contributed by atoms with E-state index in [4.69, 9.17) is 11.6 Å². The van der Waals surface area contributed by atoms with Crippen LogP contribution in [0.2, 0.25) is 5.02 Å². The van der Waals surface area contributed by atoms with Crippen LogP contribution in [-0.2, 0) is 0 Å². The molecule has 0 aliphatic heterocycles. The average Bonchev–Trinajstić information content (AvgIpc) is 2.63. The van der Waals surface area contributed by atoms with Gasteiger partial charge in [0.1, 0.15) is 0 Å². The smallest absolute Gasteiger partial charge is 0.267 e. The monoisotopic (exact) mass is 335 g/mol. The Kier molecular flexibility index (Phi) is 4.99. The number of carbonyl (C=O) groups excluding carboxylic acids is 1. The number of amides is 1. The molecule has 0 bridgehead atoms. The molecule has 0 radical (unpaired) electrons. The minimum absolute atomic E-state index is 0.319. The van der Waals surface area contributed by atoms with E-state index in [9.17, 15) is 4.79 Å². The van der Waals surface area contributed by atoms with Gasteiger partial charge in [0.2, 0.25) is 0 Å². The number of halogens is 1. The first-order chi connectivity index (χ1) is 11.7. The number of carbonyl (C=O) groups is 1. The Morgan fingerprint density at radius 3 is 2.25 bits per heavy atom. The van der Waals surface area contributed by atoms with Gasteiger partial charge in [-0.25, -0.2) is 5.43 Å². The number of nitrogens with zero attached hydrogens (tertiary/aromatic N) is 2. The minimum atomic E-state index is -0.319. The molecule has 2 aromatic carbocycles. The summed E-state index contributed by atoms with van der Waals surface area (Å²) in [6.45, 7) is 0. The average molecular weight is 336 g/mol. The summed E-state index contributed by atoms with van der Waals surface area (Å²) in [7, 11) is 0. The van der Waals surface area contributed by atoms with E-state index in [0.717, 1.165) is 11.1 Å². The van der Waals surface area contributed by atoms with Gasteiger partial charge in [-0.2, -0.15) is 5.10 Å². The SMILES string of the molecule is O=C(NN=C(c1ccccc1)c1ccncc1)c1cccc(Cl)c1. The summed E-state index contributed by atoms with van der Waals surface area (Å²) in [5, 5.41) is 4.82. The molecule has 3 aromatic rings. The lowest BCUT2D eigenvalue weighted by atomic mass is 10.0. The fourth-order valence-electron chi connectivity index (χ4n) is 2.20. The second-order valence-electron chi connectivity index (χ2n) is 5.01. The van der Waals surface area contributed by atoms with E-state index in [2.05, 4.69) is 15.5 Å². The molecule has 3 rings (SSSR count). The molecular formula is C19H14ClN3O. The maximum Gasteiger partial charge on any atom is 0.271 e. The first kappa shape index (κ1) is 15.9. The van der Waals surface area contributed by atoms with E-state index in [0.29, 0.717) is 16.3 Å². The molecular weight excluding hydrogens is 322 g/mol. The Hall–Kier alpha value is -2.98. The number of benzene rings is 2. The van der Waals surface area contributed by atoms with Gasteiger partial charge in [-0.15, -0.1) is 0 Å². The Morgan fingerprint density at radius 1 is 0.875 bits per heavy atom. The highest BCUT2D eigenvalue weighted by Crippen LogP contribution is 2.12. The number of hydrazone groups is 1. The number of hydrogen-bond acceptors (Lipinski definition) is 3. The lowest BCUT2D eigenvalue weighted by Crippen LogP contribution is -2.20. The Balaban J connectivity index is 1.91. The lowest BCUT2D eigenvalue weighted by molar-refractivity contribution is 0.0955. The fraction of sp³-hybridized carbons (Fsp3) is 0. The predicted octanol–water partition coefficient (Wildman–Crippen LogP) is 3.92. The van der Waals surface area contributed by atoms with Crippen molar-refractivity contribution in [1.29, 1.82) is 0 Å². The molecule has 0 atom stereocenters. The van der Waals surface area contributed by atoms with E-state index >= 15 is 0 Å². The van der Waals surface area contributed by atoms with Gasteiger partial charge in [0.15, 0.2) is 0 Å². The number of hydrogen-bond donors (Lipinski definition) is 1. The van der Waals surface area contributed by atoms with Crippen molar-refractivity contribution < 1.29 is 4.79 Å². The first-order valence-electron chi connectivity index (χ1n) is 7.33. The van der Waals surface area contributed by atoms with Crippen LogP contribution in [0.1, 0.15) is 21.5 Å². The van der Waals surface area contributed by atoms with Crippen LogP contribution in [-0.4, -0.2) is 16.6 Å². The second-order valence-corrected chi connectivity index (χ2v) is 5.45. The molecule has 118 valence electrons. The van der Waals surface area contributed by atoms with Crippen LogP contribution < -0.4 is 5.43 Å². The van der Waals surface area contributed by atoms with Crippen molar-refractivity contribution in [3.05, 3.63) is 101 Å². The van der Waals surface area contributed by atoms with Crippen LogP contribution in [0.5, 0.6) is 0 Å². The molecule has 0 fully saturated rings. The Labute approximate surface area is 144 Å². The minimum Gasteiger partial charge on any atom is -0.267 e. The lowest BCUT2D eigenvalue weighted by Gasteiger charge is -2.08. The van der Waals surface area contributed by atoms with Crippen LogP contribution >= 0.6 is 11.6 Å². The molecule has 0 saturated carbocycles. The van der Waals surface area contributed by atoms with E-state index in [-0.39, 0.29) is 5.91 Å². The van der Waals surface area contributed by atoms with Crippen molar-refractivity contribution in [1.82, 2.24) is 10.4 Å². The number of nitrogens with one attached hydrogen (secondary N) is 1. The summed E-state index contributed by atoms with van der Waals surface area (Å²) in [4.78, 5) is 16.3. The Bertz CT molecular complexity index is 823. The van der Waals surface area contributed by atoms with E-state index in [1.807, 2.05) is 42.5 Å². The maximum absolute atomic E-state index is 12.3. The standard InChI is InChI=1S/C19H14ClN3O/c20-17-8-4-7-16(13-17)19(24)23-22-18(14-5-2-1-3-6-14)15-9-11-21-12-10-15/h1-13H,(H,23,24). The topological polar surface area (TPSA) is 54.4 Å². The second kappa shape index (κ2) is 7.53. The molecule has 1 aromatic heterocycles. The van der Waals surface area contributed by atoms with Crippen molar-refractivity contribution in [3.8, 4) is 0 Å². The quantitative estimate of drug-likeness (QED) is 0.580. The van der Waals surface area contributed by atoms with Gasteiger partial charge in [-0.1, -0.05) is 48.0 Å². The summed E-state index contributed by atoms with van der Waals surface area (Å²) < 4.78 is 0. The molecule has 0 saturated heterocycles. The molecule has 1 amide bonds. The predicted molar refractivity (Wildman–Crippen MR) is 95.2 cm³/mol. The summed E-state index contributed by atoms with van der Waals surface area (Å²) >= 11 is 5.92. The van der Waals surface area contributed by atoms with Crippen molar-refractivity contribution in [2.75, 3.05) is 0 Å². The normalized spacial score (nSPS) is 11.1. The van der Waals surface area contributed by atoms with Crippen LogP contribution in [0.3, 0.4) is 0 Å². The highest BCUT2D eigenvalue weighted by atomic mass is 35.5. The molecule has 1 N–H and O–H groups in total. The molecule has 0 unspecified atom stereocenters. The highest BCUT2D eigenvalue weighted by molar-refractivity contribution is 6.31. The van der Waals surface area contributed by atoms with Crippen molar-refractivity contribution in [2.24, 2.45) is 5.10 Å². The molecule has 5 heteroatoms. The van der Waals surface area contributed by atoms with Gasteiger partial charge in [0.25, 0.3) is 5.91 Å². The van der Waals surface area contributed by atoms with Gasteiger partial charge in [0, 0.05) is 34.1 Å². The van der Waals surface area contributed by atoms with E-state index in [1.54, 1.807) is 36.7 Å². The summed E-state index contributed by atoms with van der Waals surface area (Å²) in [5.41, 5.74) is 5.47. The molecule has 0 aliphatic carbocycles. The van der Waals surface area contributed by atoms with Crippen LogP contribution in [0.25, 0.3) is 0 Å². The Morgan fingerprint density at radius 2 is 1.54 bits per heavy atom. The number of pyridine rings is 1. The fourth-order valence-corrected chi connectivity index (χ4v) is 2.39. The molecule has 0 spiro atoms. The van der Waals surface area contributed by atoms with Crippen LogP contribution in [0.4, 0.5) is 0 Å². The zero-order valence-corrected chi connectivity index (χ0v) is 13.4.